The van der Waals surface area contributed by atoms with Gasteiger partial charge < -0.3 is 20.8 Å². The fraction of sp³-hybridized carbons (Fsp3) is 0.867. The summed E-state index contributed by atoms with van der Waals surface area (Å²) < 4.78 is 0. The van der Waals surface area contributed by atoms with Crippen LogP contribution in [0.4, 0.5) is 4.79 Å². The van der Waals surface area contributed by atoms with Crippen molar-refractivity contribution in [1.29, 1.82) is 0 Å². The second-order valence-corrected chi connectivity index (χ2v) is 6.04. The van der Waals surface area contributed by atoms with E-state index < -0.39 is 11.6 Å². The number of carbonyl (C=O) groups is 2. The van der Waals surface area contributed by atoms with E-state index in [1.807, 2.05) is 25.7 Å². The van der Waals surface area contributed by atoms with Crippen molar-refractivity contribution in [3.8, 4) is 0 Å². The molecule has 2 amide bonds. The molecule has 4 N–H and O–H groups in total. The molecule has 1 aliphatic rings. The topological polar surface area (TPSA) is 102 Å². The van der Waals surface area contributed by atoms with Gasteiger partial charge in [-0.3, -0.25) is 9.69 Å². The minimum atomic E-state index is -0.847. The van der Waals surface area contributed by atoms with Gasteiger partial charge in [-0.2, -0.15) is 0 Å². The van der Waals surface area contributed by atoms with Crippen LogP contribution >= 0.6 is 0 Å². The Morgan fingerprint density at radius 1 is 1.23 bits per heavy atom. The molecule has 1 aliphatic carbocycles. The monoisotopic (exact) mass is 315 g/mol. The normalized spacial score (nSPS) is 21.3. The molecule has 0 aliphatic heterocycles. The lowest BCUT2D eigenvalue weighted by Gasteiger charge is -2.42. The van der Waals surface area contributed by atoms with Gasteiger partial charge in [0.15, 0.2) is 0 Å². The molecule has 0 spiro atoms. The predicted octanol–water partition coefficient (Wildman–Crippen LogP) is 0.774. The summed E-state index contributed by atoms with van der Waals surface area (Å²) in [6.07, 6.45) is 2.71. The lowest BCUT2D eigenvalue weighted by Crippen LogP contribution is -2.57. The van der Waals surface area contributed by atoms with Crippen molar-refractivity contribution in [3.05, 3.63) is 0 Å². The average Bonchev–Trinajstić information content (AvgIpc) is 2.45. The Hall–Kier alpha value is -1.34. The van der Waals surface area contributed by atoms with Crippen molar-refractivity contribution in [2.45, 2.75) is 64.1 Å². The van der Waals surface area contributed by atoms with Gasteiger partial charge in [0.25, 0.3) is 0 Å². The lowest BCUT2D eigenvalue weighted by atomic mass is 9.85. The van der Waals surface area contributed by atoms with Crippen LogP contribution in [0.5, 0.6) is 0 Å². The number of aliphatic hydroxyl groups is 1. The van der Waals surface area contributed by atoms with Crippen molar-refractivity contribution in [3.63, 3.8) is 0 Å². The summed E-state index contributed by atoms with van der Waals surface area (Å²) in [5.41, 5.74) is -0.847. The zero-order chi connectivity index (χ0) is 16.8. The number of hydrogen-bond donors (Lipinski definition) is 4. The summed E-state index contributed by atoms with van der Waals surface area (Å²) in [6, 6.07) is 0.0175. The van der Waals surface area contributed by atoms with Crippen molar-refractivity contribution in [2.24, 2.45) is 0 Å². The van der Waals surface area contributed by atoms with Crippen molar-refractivity contribution in [2.75, 3.05) is 19.6 Å². The van der Waals surface area contributed by atoms with E-state index in [-0.39, 0.29) is 31.2 Å². The van der Waals surface area contributed by atoms with Gasteiger partial charge >= 0.3 is 12.0 Å². The number of nitrogens with zero attached hydrogens (tertiary/aromatic N) is 1. The molecule has 0 unspecified atom stereocenters. The summed E-state index contributed by atoms with van der Waals surface area (Å²) in [7, 11) is 0. The Labute approximate surface area is 132 Å². The van der Waals surface area contributed by atoms with E-state index in [1.165, 1.54) is 0 Å². The Bertz CT molecular complexity index is 379. The highest BCUT2D eigenvalue weighted by Crippen LogP contribution is 2.25. The third-order valence-corrected chi connectivity index (χ3v) is 4.60. The number of carbonyl (C=O) groups excluding carboxylic acids is 1. The number of rotatable bonds is 9. The van der Waals surface area contributed by atoms with Crippen LogP contribution in [-0.2, 0) is 4.79 Å². The molecule has 0 aromatic carbocycles. The van der Waals surface area contributed by atoms with Gasteiger partial charge in [0, 0.05) is 18.6 Å². The summed E-state index contributed by atoms with van der Waals surface area (Å²) >= 11 is 0. The number of aliphatic carboxylic acids is 1. The molecule has 0 aromatic heterocycles. The fourth-order valence-corrected chi connectivity index (χ4v) is 2.66. The number of urea groups is 1. The van der Waals surface area contributed by atoms with E-state index >= 15 is 0 Å². The van der Waals surface area contributed by atoms with Crippen LogP contribution in [0.15, 0.2) is 0 Å². The Morgan fingerprint density at radius 2 is 1.82 bits per heavy atom. The predicted molar refractivity (Wildman–Crippen MR) is 83.8 cm³/mol. The molecule has 0 saturated heterocycles. The number of carboxylic acid groups (broad SMARTS) is 1. The Kier molecular flexibility index (Phi) is 7.09. The molecule has 7 heteroatoms. The third kappa shape index (κ3) is 5.46. The molecule has 0 bridgehead atoms. The average molecular weight is 315 g/mol. The molecule has 0 heterocycles. The quantitative estimate of drug-likeness (QED) is 0.503. The first-order valence-corrected chi connectivity index (χ1v) is 8.06. The van der Waals surface area contributed by atoms with Crippen LogP contribution in [-0.4, -0.2) is 64.4 Å². The third-order valence-electron chi connectivity index (χ3n) is 4.60. The zero-order valence-electron chi connectivity index (χ0n) is 13.8. The molecule has 1 fully saturated rings. The van der Waals surface area contributed by atoms with Crippen molar-refractivity contribution in [1.82, 2.24) is 15.5 Å². The molecule has 0 aromatic rings. The molecular formula is C15H29N3O4. The van der Waals surface area contributed by atoms with Crippen LogP contribution < -0.4 is 10.6 Å². The van der Waals surface area contributed by atoms with Crippen LogP contribution in [0, 0.1) is 0 Å². The number of likely N-dealkylation sites (N-methyl/N-ethyl adjacent to an activating group) is 1. The van der Waals surface area contributed by atoms with Crippen LogP contribution in [0.3, 0.4) is 0 Å². The lowest BCUT2D eigenvalue weighted by molar-refractivity contribution is -0.139. The number of amides is 2. The Morgan fingerprint density at radius 3 is 2.27 bits per heavy atom. The molecule has 1 saturated carbocycles. The maximum atomic E-state index is 11.8. The number of nitrogens with one attached hydrogen (secondary N) is 2. The maximum Gasteiger partial charge on any atom is 0.317 e. The minimum Gasteiger partial charge on any atom is -0.480 e. The van der Waals surface area contributed by atoms with Gasteiger partial charge in [-0.05, 0) is 32.2 Å². The van der Waals surface area contributed by atoms with Gasteiger partial charge in [0.1, 0.15) is 0 Å². The summed E-state index contributed by atoms with van der Waals surface area (Å²) in [6.45, 7) is 6.69. The van der Waals surface area contributed by atoms with E-state index in [0.29, 0.717) is 19.4 Å². The summed E-state index contributed by atoms with van der Waals surface area (Å²) in [5.74, 6) is -0.825. The highest BCUT2D eigenvalue weighted by Gasteiger charge is 2.34. The standard InChI is InChI=1S/C15H29N3O4/c1-4-15(22,5-2)10-16-14(21)17-11-7-12(8-11)18(6-3)9-13(19)20/h11-12,22H,4-10H2,1-3H3,(H,19,20)(H2,16,17,21). The van der Waals surface area contributed by atoms with E-state index in [9.17, 15) is 14.7 Å². The first-order chi connectivity index (χ1) is 10.3. The van der Waals surface area contributed by atoms with E-state index in [2.05, 4.69) is 10.6 Å². The van der Waals surface area contributed by atoms with Gasteiger partial charge in [0.2, 0.25) is 0 Å². The maximum absolute atomic E-state index is 11.8. The first kappa shape index (κ1) is 18.7. The van der Waals surface area contributed by atoms with Crippen LogP contribution in [0.2, 0.25) is 0 Å². The Balaban J connectivity index is 2.27. The molecule has 128 valence electrons. The minimum absolute atomic E-state index is 0.0418. The van der Waals surface area contributed by atoms with E-state index in [1.54, 1.807) is 0 Å². The van der Waals surface area contributed by atoms with E-state index in [0.717, 1.165) is 12.8 Å². The van der Waals surface area contributed by atoms with Gasteiger partial charge in [-0.25, -0.2) is 4.79 Å². The van der Waals surface area contributed by atoms with Crippen molar-refractivity contribution >= 4 is 12.0 Å². The second kappa shape index (κ2) is 8.33. The smallest absolute Gasteiger partial charge is 0.317 e. The van der Waals surface area contributed by atoms with E-state index in [4.69, 9.17) is 5.11 Å². The van der Waals surface area contributed by atoms with Gasteiger partial charge in [0.05, 0.1) is 12.1 Å². The van der Waals surface area contributed by atoms with Crippen LogP contribution in [0.1, 0.15) is 46.5 Å². The van der Waals surface area contributed by atoms with Crippen LogP contribution in [0.25, 0.3) is 0 Å². The van der Waals surface area contributed by atoms with Gasteiger partial charge in [-0.15, -0.1) is 0 Å². The first-order valence-electron chi connectivity index (χ1n) is 8.06. The molecule has 7 nitrogen and oxygen atoms in total. The molecule has 22 heavy (non-hydrogen) atoms. The van der Waals surface area contributed by atoms with Crippen molar-refractivity contribution < 1.29 is 19.8 Å². The largest absolute Gasteiger partial charge is 0.480 e. The molecular weight excluding hydrogens is 286 g/mol. The zero-order valence-corrected chi connectivity index (χ0v) is 13.8. The SMILES string of the molecule is CCN(CC(=O)O)C1CC(NC(=O)NCC(O)(CC)CC)C1. The van der Waals surface area contributed by atoms with Gasteiger partial charge in [-0.1, -0.05) is 20.8 Å². The highest BCUT2D eigenvalue weighted by molar-refractivity contribution is 5.74. The number of carboxylic acids is 1. The number of hydrogen-bond acceptors (Lipinski definition) is 4. The molecule has 0 atom stereocenters. The fourth-order valence-electron chi connectivity index (χ4n) is 2.66. The highest BCUT2D eigenvalue weighted by atomic mass is 16.4. The second-order valence-electron chi connectivity index (χ2n) is 6.04. The molecule has 0 radical (unpaired) electrons. The molecule has 1 rings (SSSR count). The summed E-state index contributed by atoms with van der Waals surface area (Å²) in [4.78, 5) is 24.5. The summed E-state index contributed by atoms with van der Waals surface area (Å²) in [5, 5.41) is 24.5.